The SMILES string of the molecule is N#Cc1ccsc1NC(=O)CC[NH+]1CC[NH+](Cc2ccc(Cl)s2)CC1. The molecule has 0 bridgehead atoms. The second kappa shape index (κ2) is 8.79. The van der Waals surface area contributed by atoms with E-state index in [-0.39, 0.29) is 5.91 Å². The molecule has 0 saturated carbocycles. The molecule has 0 aliphatic carbocycles. The van der Waals surface area contributed by atoms with Crippen molar-refractivity contribution in [2.24, 2.45) is 0 Å². The van der Waals surface area contributed by atoms with Crippen LogP contribution in [0.3, 0.4) is 0 Å². The van der Waals surface area contributed by atoms with Crippen molar-refractivity contribution >= 4 is 45.2 Å². The summed E-state index contributed by atoms with van der Waals surface area (Å²) >= 11 is 9.05. The van der Waals surface area contributed by atoms with Crippen LogP contribution < -0.4 is 15.1 Å². The number of thiophene rings is 2. The zero-order valence-corrected chi connectivity index (χ0v) is 16.2. The highest BCUT2D eigenvalue weighted by molar-refractivity contribution is 7.16. The van der Waals surface area contributed by atoms with Gasteiger partial charge in [0.25, 0.3) is 0 Å². The van der Waals surface area contributed by atoms with Gasteiger partial charge in [-0.25, -0.2) is 0 Å². The molecule has 1 aliphatic rings. The first-order chi connectivity index (χ1) is 12.1. The van der Waals surface area contributed by atoms with E-state index in [0.29, 0.717) is 17.0 Å². The molecule has 0 aromatic carbocycles. The third-order valence-corrected chi connectivity index (χ3v) is 6.52. The minimum Gasteiger partial charge on any atom is -0.325 e. The predicted octanol–water partition coefficient (Wildman–Crippen LogP) is 0.647. The number of carbonyl (C=O) groups is 1. The third kappa shape index (κ3) is 5.27. The van der Waals surface area contributed by atoms with Crippen LogP contribution in [-0.4, -0.2) is 38.6 Å². The maximum absolute atomic E-state index is 12.1. The summed E-state index contributed by atoms with van der Waals surface area (Å²) in [7, 11) is 0. The Bertz CT molecular complexity index is 759. The van der Waals surface area contributed by atoms with Gasteiger partial charge in [0.15, 0.2) is 0 Å². The van der Waals surface area contributed by atoms with E-state index in [1.807, 2.05) is 11.4 Å². The van der Waals surface area contributed by atoms with E-state index in [1.54, 1.807) is 22.3 Å². The molecule has 1 saturated heterocycles. The lowest BCUT2D eigenvalue weighted by Crippen LogP contribution is -3.27. The van der Waals surface area contributed by atoms with Gasteiger partial charge in [-0.3, -0.25) is 4.79 Å². The van der Waals surface area contributed by atoms with E-state index in [9.17, 15) is 4.79 Å². The Morgan fingerprint density at radius 2 is 2.00 bits per heavy atom. The van der Waals surface area contributed by atoms with Gasteiger partial charge in [0.1, 0.15) is 43.8 Å². The largest absolute Gasteiger partial charge is 0.325 e. The van der Waals surface area contributed by atoms with Gasteiger partial charge in [0.05, 0.1) is 27.7 Å². The lowest BCUT2D eigenvalue weighted by Gasteiger charge is -2.29. The van der Waals surface area contributed by atoms with E-state index >= 15 is 0 Å². The number of quaternary nitrogens is 2. The molecule has 1 fully saturated rings. The number of anilines is 1. The molecule has 1 aliphatic heterocycles. The number of hydrogen-bond donors (Lipinski definition) is 3. The lowest BCUT2D eigenvalue weighted by molar-refractivity contribution is -1.02. The maximum atomic E-state index is 12.1. The van der Waals surface area contributed by atoms with Gasteiger partial charge in [-0.05, 0) is 23.6 Å². The van der Waals surface area contributed by atoms with Crippen LogP contribution in [0.1, 0.15) is 16.9 Å². The van der Waals surface area contributed by atoms with Crippen LogP contribution in [-0.2, 0) is 11.3 Å². The Balaban J connectivity index is 1.37. The molecule has 0 radical (unpaired) electrons. The highest BCUT2D eigenvalue weighted by Gasteiger charge is 2.24. The van der Waals surface area contributed by atoms with E-state index < -0.39 is 0 Å². The smallest absolute Gasteiger partial charge is 0.230 e. The zero-order valence-electron chi connectivity index (χ0n) is 13.8. The number of hydrogen-bond acceptors (Lipinski definition) is 4. The quantitative estimate of drug-likeness (QED) is 0.671. The van der Waals surface area contributed by atoms with Crippen molar-refractivity contribution in [3.8, 4) is 6.07 Å². The van der Waals surface area contributed by atoms with Crippen molar-refractivity contribution in [3.05, 3.63) is 38.4 Å². The maximum Gasteiger partial charge on any atom is 0.230 e. The van der Waals surface area contributed by atoms with Gasteiger partial charge in [-0.1, -0.05) is 11.6 Å². The summed E-state index contributed by atoms with van der Waals surface area (Å²) < 4.78 is 0.856. The summed E-state index contributed by atoms with van der Waals surface area (Å²) in [5.41, 5.74) is 0.539. The molecule has 0 spiro atoms. The van der Waals surface area contributed by atoms with E-state index in [0.717, 1.165) is 43.6 Å². The molecule has 0 atom stereocenters. The average molecular weight is 397 g/mol. The van der Waals surface area contributed by atoms with Crippen LogP contribution in [0.15, 0.2) is 23.6 Å². The molecule has 1 amide bonds. The second-order valence-corrected chi connectivity index (χ2v) is 8.92. The number of halogens is 1. The van der Waals surface area contributed by atoms with Gasteiger partial charge < -0.3 is 15.1 Å². The summed E-state index contributed by atoms with van der Waals surface area (Å²) in [6, 6.07) is 7.90. The molecule has 25 heavy (non-hydrogen) atoms. The summed E-state index contributed by atoms with van der Waals surface area (Å²) in [5, 5.41) is 14.3. The highest BCUT2D eigenvalue weighted by atomic mass is 35.5. The molecule has 5 nitrogen and oxygen atoms in total. The summed E-state index contributed by atoms with van der Waals surface area (Å²) in [6.45, 7) is 6.30. The Morgan fingerprint density at radius 3 is 2.68 bits per heavy atom. The van der Waals surface area contributed by atoms with Crippen molar-refractivity contribution < 1.29 is 14.6 Å². The molecule has 132 valence electrons. The molecule has 2 aromatic rings. The van der Waals surface area contributed by atoms with Crippen molar-refractivity contribution in [2.45, 2.75) is 13.0 Å². The zero-order chi connectivity index (χ0) is 17.6. The molecule has 3 rings (SSSR count). The molecular formula is C17H21ClN4OS2+2. The van der Waals surface area contributed by atoms with Crippen LogP contribution in [0.25, 0.3) is 0 Å². The lowest BCUT2D eigenvalue weighted by atomic mass is 10.2. The van der Waals surface area contributed by atoms with Crippen LogP contribution in [0.4, 0.5) is 5.00 Å². The monoisotopic (exact) mass is 396 g/mol. The fourth-order valence-corrected chi connectivity index (χ4v) is 4.96. The number of piperazine rings is 1. The van der Waals surface area contributed by atoms with Crippen molar-refractivity contribution in [1.29, 1.82) is 5.26 Å². The molecule has 3 heterocycles. The summed E-state index contributed by atoms with van der Waals surface area (Å²) in [5.74, 6) is -0.00514. The Hall–Kier alpha value is -1.43. The molecule has 8 heteroatoms. The minimum atomic E-state index is -0.00514. The second-order valence-electron chi connectivity index (χ2n) is 6.21. The van der Waals surface area contributed by atoms with Crippen molar-refractivity contribution in [2.75, 3.05) is 38.0 Å². The number of nitrogens with one attached hydrogen (secondary N) is 3. The molecule has 3 N–H and O–H groups in total. The predicted molar refractivity (Wildman–Crippen MR) is 102 cm³/mol. The topological polar surface area (TPSA) is 61.8 Å². The van der Waals surface area contributed by atoms with Gasteiger partial charge in [-0.15, -0.1) is 22.7 Å². The van der Waals surface area contributed by atoms with Crippen LogP contribution in [0.5, 0.6) is 0 Å². The molecule has 2 aromatic heterocycles. The molecule has 0 unspecified atom stereocenters. The number of carbonyl (C=O) groups excluding carboxylic acids is 1. The average Bonchev–Trinajstić information content (AvgIpc) is 3.23. The first kappa shape index (κ1) is 18.4. The van der Waals surface area contributed by atoms with Crippen LogP contribution >= 0.6 is 34.3 Å². The summed E-state index contributed by atoms with van der Waals surface area (Å²) in [4.78, 5) is 16.5. The first-order valence-electron chi connectivity index (χ1n) is 8.33. The molecular weight excluding hydrogens is 376 g/mol. The Kier molecular flexibility index (Phi) is 6.45. The number of amides is 1. The van der Waals surface area contributed by atoms with E-state index in [1.165, 1.54) is 21.1 Å². The normalized spacial score (nSPS) is 20.2. The van der Waals surface area contributed by atoms with E-state index in [2.05, 4.69) is 17.5 Å². The van der Waals surface area contributed by atoms with Gasteiger partial charge >= 0.3 is 0 Å². The van der Waals surface area contributed by atoms with Crippen molar-refractivity contribution in [3.63, 3.8) is 0 Å². The van der Waals surface area contributed by atoms with E-state index in [4.69, 9.17) is 16.9 Å². The first-order valence-corrected chi connectivity index (χ1v) is 10.4. The van der Waals surface area contributed by atoms with Crippen molar-refractivity contribution in [1.82, 2.24) is 0 Å². The van der Waals surface area contributed by atoms with Gasteiger partial charge in [-0.2, -0.15) is 5.26 Å². The minimum absolute atomic E-state index is 0.00514. The van der Waals surface area contributed by atoms with Crippen LogP contribution in [0, 0.1) is 11.3 Å². The number of rotatable bonds is 6. The highest BCUT2D eigenvalue weighted by Crippen LogP contribution is 2.22. The fraction of sp³-hybridized carbons (Fsp3) is 0.412. The Morgan fingerprint density at radius 1 is 1.24 bits per heavy atom. The standard InChI is InChI=1S/C17H19ClN4OS2/c18-15-2-1-14(25-15)12-22-8-6-21(7-9-22)5-3-16(23)20-17-13(11-19)4-10-24-17/h1-2,4,10H,3,5-9,12H2,(H,20,23)/p+2. The van der Waals surface area contributed by atoms with Gasteiger partial charge in [0.2, 0.25) is 5.91 Å². The fourth-order valence-electron chi connectivity index (χ4n) is 3.05. The Labute approximate surface area is 160 Å². The third-order valence-electron chi connectivity index (χ3n) is 4.46. The van der Waals surface area contributed by atoms with Gasteiger partial charge in [0, 0.05) is 0 Å². The number of nitriles is 1. The van der Waals surface area contributed by atoms with Crippen LogP contribution in [0.2, 0.25) is 4.34 Å². The number of nitrogens with zero attached hydrogens (tertiary/aromatic N) is 1. The summed E-state index contributed by atoms with van der Waals surface area (Å²) in [6.07, 6.45) is 0.494.